The number of aromatic hydroxyl groups is 1. The number of aromatic nitrogens is 3. The Morgan fingerprint density at radius 3 is 2.73 bits per heavy atom. The highest BCUT2D eigenvalue weighted by Gasteiger charge is 2.25. The molecule has 0 saturated heterocycles. The lowest BCUT2D eigenvalue weighted by molar-refractivity contribution is 0.225. The molecule has 7 heteroatoms. The van der Waals surface area contributed by atoms with E-state index in [2.05, 4.69) is 27.4 Å². The summed E-state index contributed by atoms with van der Waals surface area (Å²) >= 11 is 1.56. The minimum Gasteiger partial charge on any atom is -0.508 e. The van der Waals surface area contributed by atoms with E-state index in [-0.39, 0.29) is 5.75 Å². The Bertz CT molecular complexity index is 918. The van der Waals surface area contributed by atoms with Crippen molar-refractivity contribution in [2.75, 3.05) is 11.1 Å². The van der Waals surface area contributed by atoms with E-state index in [9.17, 15) is 5.11 Å². The van der Waals surface area contributed by atoms with E-state index in [0.717, 1.165) is 29.0 Å². The van der Waals surface area contributed by atoms with Crippen molar-refractivity contribution in [3.63, 3.8) is 0 Å². The van der Waals surface area contributed by atoms with Crippen molar-refractivity contribution in [3.8, 4) is 22.9 Å². The molecule has 0 fully saturated rings. The van der Waals surface area contributed by atoms with Crippen molar-refractivity contribution in [2.24, 2.45) is 0 Å². The summed E-state index contributed by atoms with van der Waals surface area (Å²) in [4.78, 5) is 4.58. The van der Waals surface area contributed by atoms with Crippen LogP contribution in [0.15, 0.2) is 53.7 Å². The second kappa shape index (κ2) is 7.21. The maximum Gasteiger partial charge on any atom is 0.247 e. The molecular weight excluding hydrogens is 348 g/mol. The highest BCUT2D eigenvalue weighted by atomic mass is 32.2. The number of phenols is 1. The Morgan fingerprint density at radius 1 is 1.12 bits per heavy atom. The van der Waals surface area contributed by atoms with E-state index in [0.29, 0.717) is 16.7 Å². The third-order valence-electron chi connectivity index (χ3n) is 3.96. The van der Waals surface area contributed by atoms with Crippen molar-refractivity contribution in [1.82, 2.24) is 15.2 Å². The second-order valence-corrected chi connectivity index (χ2v) is 6.94. The molecule has 0 radical (unpaired) electrons. The molecule has 0 amide bonds. The van der Waals surface area contributed by atoms with Crippen LogP contribution in [0.25, 0.3) is 11.3 Å². The molecule has 0 bridgehead atoms. The number of thioether (sulfide) groups is 1. The predicted octanol–water partition coefficient (Wildman–Crippen LogP) is 4.25. The highest BCUT2D eigenvalue weighted by molar-refractivity contribution is 7.99. The average molecular weight is 366 g/mol. The molecule has 4 rings (SSSR count). The van der Waals surface area contributed by atoms with Gasteiger partial charge >= 0.3 is 0 Å². The fourth-order valence-electron chi connectivity index (χ4n) is 2.70. The molecule has 132 valence electrons. The number of nitrogens with one attached hydrogen (secondary N) is 1. The van der Waals surface area contributed by atoms with Gasteiger partial charge in [0.1, 0.15) is 5.75 Å². The summed E-state index contributed by atoms with van der Waals surface area (Å²) in [7, 11) is 0. The Hall–Kier alpha value is -2.80. The molecular formula is C19H18N4O2S. The molecule has 0 aliphatic carbocycles. The average Bonchev–Trinajstić information content (AvgIpc) is 2.83. The van der Waals surface area contributed by atoms with E-state index in [1.165, 1.54) is 0 Å². The number of ether oxygens (including phenoxy) is 1. The Labute approximate surface area is 155 Å². The minimum absolute atomic E-state index is 0.213. The van der Waals surface area contributed by atoms with Gasteiger partial charge in [-0.3, -0.25) is 0 Å². The van der Waals surface area contributed by atoms with E-state index >= 15 is 0 Å². The molecule has 2 aromatic carbocycles. The Morgan fingerprint density at radius 2 is 1.92 bits per heavy atom. The summed E-state index contributed by atoms with van der Waals surface area (Å²) < 4.78 is 6.17. The van der Waals surface area contributed by atoms with Gasteiger partial charge in [0, 0.05) is 22.6 Å². The van der Waals surface area contributed by atoms with E-state index in [4.69, 9.17) is 4.74 Å². The molecule has 2 N–H and O–H groups in total. The fraction of sp³-hybridized carbons (Fsp3) is 0.211. The monoisotopic (exact) mass is 366 g/mol. The summed E-state index contributed by atoms with van der Waals surface area (Å²) in [5.74, 6) is 1.59. The molecule has 0 unspecified atom stereocenters. The van der Waals surface area contributed by atoms with Crippen LogP contribution in [0.3, 0.4) is 0 Å². The lowest BCUT2D eigenvalue weighted by Gasteiger charge is -2.19. The van der Waals surface area contributed by atoms with Gasteiger partial charge in [-0.2, -0.15) is 4.98 Å². The predicted molar refractivity (Wildman–Crippen MR) is 101 cm³/mol. The summed E-state index contributed by atoms with van der Waals surface area (Å²) in [6, 6.07) is 14.8. The van der Waals surface area contributed by atoms with E-state index in [1.54, 1.807) is 23.9 Å². The van der Waals surface area contributed by atoms with Crippen molar-refractivity contribution in [2.45, 2.75) is 24.7 Å². The second-order valence-electron chi connectivity index (χ2n) is 5.88. The fourth-order valence-corrected chi connectivity index (χ4v) is 3.33. The number of phenolic OH excluding ortho intramolecular Hbond substituents is 1. The van der Waals surface area contributed by atoms with Gasteiger partial charge in [0.25, 0.3) is 0 Å². The number of fused-ring (bicyclic) bond motifs is 3. The zero-order chi connectivity index (χ0) is 17.9. The van der Waals surface area contributed by atoms with Crippen molar-refractivity contribution < 1.29 is 9.84 Å². The molecule has 2 heterocycles. The first kappa shape index (κ1) is 16.7. The number of nitrogens with zero attached hydrogens (tertiary/aromatic N) is 3. The van der Waals surface area contributed by atoms with Gasteiger partial charge in [-0.05, 0) is 36.8 Å². The van der Waals surface area contributed by atoms with Crippen LogP contribution < -0.4 is 10.1 Å². The quantitative estimate of drug-likeness (QED) is 0.668. The molecule has 26 heavy (non-hydrogen) atoms. The standard InChI is InChI=1S/C19H18N4O2S/c1-2-11-26-19-21-18-16(22-23-19)14-5-3-4-6-15(14)20-17(25-18)12-7-9-13(24)10-8-12/h3-10,17,20,24H,2,11H2,1H3/t17-/m1/s1. The molecule has 1 aliphatic rings. The molecule has 1 aromatic heterocycles. The highest BCUT2D eigenvalue weighted by Crippen LogP contribution is 2.39. The Kier molecular flexibility index (Phi) is 4.62. The van der Waals surface area contributed by atoms with Gasteiger partial charge in [-0.1, -0.05) is 36.9 Å². The van der Waals surface area contributed by atoms with Crippen molar-refractivity contribution in [3.05, 3.63) is 54.1 Å². The minimum atomic E-state index is -0.446. The van der Waals surface area contributed by atoms with Gasteiger partial charge in [-0.15, -0.1) is 10.2 Å². The normalized spacial score (nSPS) is 15.2. The van der Waals surface area contributed by atoms with Crippen LogP contribution in [0.4, 0.5) is 5.69 Å². The first-order chi connectivity index (χ1) is 12.7. The zero-order valence-corrected chi connectivity index (χ0v) is 15.0. The summed E-state index contributed by atoms with van der Waals surface area (Å²) in [6.07, 6.45) is 0.589. The molecule has 0 spiro atoms. The van der Waals surface area contributed by atoms with Crippen LogP contribution in [0, 0.1) is 0 Å². The molecule has 1 aliphatic heterocycles. The van der Waals surface area contributed by atoms with Crippen molar-refractivity contribution >= 4 is 17.4 Å². The summed E-state index contributed by atoms with van der Waals surface area (Å²) in [5.41, 5.74) is 3.30. The smallest absolute Gasteiger partial charge is 0.247 e. The first-order valence-corrected chi connectivity index (χ1v) is 9.42. The van der Waals surface area contributed by atoms with Gasteiger partial charge in [0.15, 0.2) is 11.9 Å². The third kappa shape index (κ3) is 3.30. The van der Waals surface area contributed by atoms with Crippen LogP contribution in [0.1, 0.15) is 25.1 Å². The number of hydrogen-bond acceptors (Lipinski definition) is 7. The summed E-state index contributed by atoms with van der Waals surface area (Å²) in [5, 5.41) is 22.2. The maximum absolute atomic E-state index is 9.55. The van der Waals surface area contributed by atoms with Crippen molar-refractivity contribution in [1.29, 1.82) is 0 Å². The van der Waals surface area contributed by atoms with Gasteiger partial charge in [-0.25, -0.2) is 0 Å². The number of hydrogen-bond donors (Lipinski definition) is 2. The zero-order valence-electron chi connectivity index (χ0n) is 14.2. The number of para-hydroxylation sites is 1. The molecule has 1 atom stereocenters. The topological polar surface area (TPSA) is 80.2 Å². The number of benzene rings is 2. The van der Waals surface area contributed by atoms with Gasteiger partial charge in [0.2, 0.25) is 11.0 Å². The molecule has 0 saturated carbocycles. The van der Waals surface area contributed by atoms with Crippen LogP contribution >= 0.6 is 11.8 Å². The Balaban J connectivity index is 1.78. The summed E-state index contributed by atoms with van der Waals surface area (Å²) in [6.45, 7) is 2.11. The third-order valence-corrected chi connectivity index (χ3v) is 5.01. The maximum atomic E-state index is 9.55. The largest absolute Gasteiger partial charge is 0.508 e. The molecule has 6 nitrogen and oxygen atoms in total. The SMILES string of the molecule is CCCSc1nnc2c(n1)O[C@H](c1ccc(O)cc1)Nc1ccccc1-2. The number of anilines is 1. The van der Waals surface area contributed by atoms with Gasteiger partial charge < -0.3 is 15.2 Å². The lowest BCUT2D eigenvalue weighted by Crippen LogP contribution is -2.17. The van der Waals surface area contributed by atoms with Gasteiger partial charge in [0.05, 0.1) is 0 Å². The van der Waals surface area contributed by atoms with E-state index in [1.807, 2.05) is 36.4 Å². The molecule has 3 aromatic rings. The first-order valence-electron chi connectivity index (χ1n) is 8.43. The van der Waals surface area contributed by atoms with E-state index < -0.39 is 6.23 Å². The van der Waals surface area contributed by atoms with Crippen LogP contribution in [0.5, 0.6) is 11.6 Å². The van der Waals surface area contributed by atoms with Crippen LogP contribution in [0.2, 0.25) is 0 Å². The number of rotatable bonds is 4. The van der Waals surface area contributed by atoms with Crippen LogP contribution in [-0.4, -0.2) is 26.0 Å². The van der Waals surface area contributed by atoms with Crippen LogP contribution in [-0.2, 0) is 0 Å². The lowest BCUT2D eigenvalue weighted by atomic mass is 10.1.